The third-order valence-corrected chi connectivity index (χ3v) is 3.46. The molecular weight excluding hydrogens is 182 g/mol. The molecule has 82 valence electrons. The molecule has 0 aliphatic carbocycles. The molecule has 1 aromatic rings. The van der Waals surface area contributed by atoms with Gasteiger partial charge < -0.3 is 5.32 Å². The minimum atomic E-state index is 0.704. The van der Waals surface area contributed by atoms with Crippen LogP contribution in [0.2, 0.25) is 0 Å². The molecule has 0 amide bonds. The van der Waals surface area contributed by atoms with Crippen molar-refractivity contribution in [3.63, 3.8) is 0 Å². The highest BCUT2D eigenvalue weighted by molar-refractivity contribution is 5.25. The van der Waals surface area contributed by atoms with Crippen molar-refractivity contribution >= 4 is 0 Å². The van der Waals surface area contributed by atoms with E-state index >= 15 is 0 Å². The summed E-state index contributed by atoms with van der Waals surface area (Å²) in [6.45, 7) is 6.96. The van der Waals surface area contributed by atoms with E-state index in [2.05, 4.69) is 43.4 Å². The average Bonchev–Trinajstić information content (AvgIpc) is 2.70. The van der Waals surface area contributed by atoms with Gasteiger partial charge in [0, 0.05) is 0 Å². The Morgan fingerprint density at radius 2 is 2.33 bits per heavy atom. The minimum absolute atomic E-state index is 0.704. The van der Waals surface area contributed by atoms with Gasteiger partial charge in [0.1, 0.15) is 0 Å². The van der Waals surface area contributed by atoms with Gasteiger partial charge in [-0.3, -0.25) is 0 Å². The van der Waals surface area contributed by atoms with Crippen molar-refractivity contribution in [2.75, 3.05) is 13.1 Å². The lowest BCUT2D eigenvalue weighted by Gasteiger charge is -2.16. The Labute approximate surface area is 92.9 Å². The van der Waals surface area contributed by atoms with E-state index in [4.69, 9.17) is 0 Å². The highest BCUT2D eigenvalue weighted by atomic mass is 14.9. The largest absolute Gasteiger partial charge is 0.316 e. The van der Waals surface area contributed by atoms with Crippen LogP contribution in [-0.2, 0) is 0 Å². The molecule has 0 saturated carbocycles. The first-order chi connectivity index (χ1) is 7.25. The first-order valence-electron chi connectivity index (χ1n) is 6.03. The van der Waals surface area contributed by atoms with Gasteiger partial charge in [-0.25, -0.2) is 0 Å². The van der Waals surface area contributed by atoms with E-state index in [9.17, 15) is 0 Å². The molecule has 2 atom stereocenters. The van der Waals surface area contributed by atoms with Crippen LogP contribution in [0, 0.1) is 12.8 Å². The lowest BCUT2D eigenvalue weighted by atomic mass is 9.89. The summed E-state index contributed by atoms with van der Waals surface area (Å²) >= 11 is 0. The molecule has 1 aromatic carbocycles. The maximum absolute atomic E-state index is 3.44. The van der Waals surface area contributed by atoms with Gasteiger partial charge in [0.2, 0.25) is 0 Å². The second kappa shape index (κ2) is 4.80. The Balaban J connectivity index is 1.97. The Hall–Kier alpha value is -0.820. The molecular formula is C14H21N. The van der Waals surface area contributed by atoms with Crippen molar-refractivity contribution in [3.8, 4) is 0 Å². The number of benzene rings is 1. The normalized spacial score (nSPS) is 22.9. The van der Waals surface area contributed by atoms with Gasteiger partial charge >= 0.3 is 0 Å². The maximum Gasteiger partial charge on any atom is -0.00198 e. The lowest BCUT2D eigenvalue weighted by molar-refractivity contribution is 0.483. The molecule has 1 aliphatic heterocycles. The number of aryl methyl sites for hydroxylation is 1. The molecule has 1 aliphatic rings. The van der Waals surface area contributed by atoms with Crippen LogP contribution in [0.15, 0.2) is 24.3 Å². The summed E-state index contributed by atoms with van der Waals surface area (Å²) in [4.78, 5) is 0. The Bertz CT molecular complexity index is 313. The zero-order valence-electron chi connectivity index (χ0n) is 9.79. The molecule has 0 aromatic heterocycles. The monoisotopic (exact) mass is 203 g/mol. The van der Waals surface area contributed by atoms with Gasteiger partial charge in [-0.15, -0.1) is 0 Å². The molecule has 1 saturated heterocycles. The van der Waals surface area contributed by atoms with Crippen LogP contribution in [0.5, 0.6) is 0 Å². The van der Waals surface area contributed by atoms with E-state index in [1.165, 1.54) is 37.1 Å². The van der Waals surface area contributed by atoms with E-state index in [-0.39, 0.29) is 0 Å². The van der Waals surface area contributed by atoms with E-state index in [0.29, 0.717) is 5.92 Å². The SMILES string of the molecule is Cc1cccc(C(C)CC2CCNC2)c1. The van der Waals surface area contributed by atoms with Crippen molar-refractivity contribution in [1.29, 1.82) is 0 Å². The summed E-state index contributed by atoms with van der Waals surface area (Å²) in [5.74, 6) is 1.59. The Morgan fingerprint density at radius 1 is 1.47 bits per heavy atom. The number of hydrogen-bond acceptors (Lipinski definition) is 1. The van der Waals surface area contributed by atoms with E-state index in [1.54, 1.807) is 0 Å². The highest BCUT2D eigenvalue weighted by Crippen LogP contribution is 2.26. The van der Waals surface area contributed by atoms with Crippen LogP contribution in [0.4, 0.5) is 0 Å². The quantitative estimate of drug-likeness (QED) is 0.796. The molecule has 2 unspecified atom stereocenters. The third kappa shape index (κ3) is 2.82. The van der Waals surface area contributed by atoms with Gasteiger partial charge in [0.15, 0.2) is 0 Å². The standard InChI is InChI=1S/C14H21N/c1-11-4-3-5-14(8-11)12(2)9-13-6-7-15-10-13/h3-5,8,12-13,15H,6-7,9-10H2,1-2H3. The zero-order chi connectivity index (χ0) is 10.7. The zero-order valence-corrected chi connectivity index (χ0v) is 9.79. The van der Waals surface area contributed by atoms with Crippen molar-refractivity contribution in [1.82, 2.24) is 5.32 Å². The van der Waals surface area contributed by atoms with Crippen LogP contribution in [0.3, 0.4) is 0 Å². The predicted molar refractivity (Wildman–Crippen MR) is 65.2 cm³/mol. The van der Waals surface area contributed by atoms with Crippen LogP contribution >= 0.6 is 0 Å². The van der Waals surface area contributed by atoms with Crippen LogP contribution in [0.1, 0.15) is 36.8 Å². The van der Waals surface area contributed by atoms with Crippen molar-refractivity contribution in [2.45, 2.75) is 32.6 Å². The topological polar surface area (TPSA) is 12.0 Å². The summed E-state index contributed by atoms with van der Waals surface area (Å²) in [6.07, 6.45) is 2.69. The second-order valence-corrected chi connectivity index (χ2v) is 4.91. The van der Waals surface area contributed by atoms with E-state index in [0.717, 1.165) is 5.92 Å². The molecule has 0 radical (unpaired) electrons. The second-order valence-electron chi connectivity index (χ2n) is 4.91. The average molecular weight is 203 g/mol. The maximum atomic E-state index is 3.44. The summed E-state index contributed by atoms with van der Waals surface area (Å²) in [5, 5.41) is 3.44. The third-order valence-electron chi connectivity index (χ3n) is 3.46. The van der Waals surface area contributed by atoms with Crippen LogP contribution in [-0.4, -0.2) is 13.1 Å². The molecule has 1 nitrogen and oxygen atoms in total. The van der Waals surface area contributed by atoms with E-state index in [1.807, 2.05) is 0 Å². The van der Waals surface area contributed by atoms with Crippen molar-refractivity contribution < 1.29 is 0 Å². The van der Waals surface area contributed by atoms with Crippen molar-refractivity contribution in [2.24, 2.45) is 5.92 Å². The molecule has 1 fully saturated rings. The number of hydrogen-bond donors (Lipinski definition) is 1. The Morgan fingerprint density at radius 3 is 3.00 bits per heavy atom. The van der Waals surface area contributed by atoms with Gasteiger partial charge in [-0.05, 0) is 50.3 Å². The van der Waals surface area contributed by atoms with E-state index < -0.39 is 0 Å². The van der Waals surface area contributed by atoms with Gasteiger partial charge in [0.25, 0.3) is 0 Å². The predicted octanol–water partition coefficient (Wildman–Crippen LogP) is 3.10. The molecule has 2 rings (SSSR count). The summed E-state index contributed by atoms with van der Waals surface area (Å²) in [5.41, 5.74) is 2.88. The number of nitrogens with one attached hydrogen (secondary N) is 1. The molecule has 1 N–H and O–H groups in total. The minimum Gasteiger partial charge on any atom is -0.316 e. The van der Waals surface area contributed by atoms with Gasteiger partial charge in [-0.2, -0.15) is 0 Å². The molecule has 1 heteroatoms. The van der Waals surface area contributed by atoms with Crippen LogP contribution in [0.25, 0.3) is 0 Å². The highest BCUT2D eigenvalue weighted by Gasteiger charge is 2.18. The summed E-state index contributed by atoms with van der Waals surface area (Å²) < 4.78 is 0. The van der Waals surface area contributed by atoms with Crippen LogP contribution < -0.4 is 5.32 Å². The molecule has 0 bridgehead atoms. The first kappa shape index (κ1) is 10.7. The summed E-state index contributed by atoms with van der Waals surface area (Å²) in [6, 6.07) is 8.94. The molecule has 1 heterocycles. The smallest absolute Gasteiger partial charge is 0.00198 e. The fraction of sp³-hybridized carbons (Fsp3) is 0.571. The van der Waals surface area contributed by atoms with Crippen molar-refractivity contribution in [3.05, 3.63) is 35.4 Å². The first-order valence-corrected chi connectivity index (χ1v) is 6.03. The fourth-order valence-corrected chi connectivity index (χ4v) is 2.53. The van der Waals surface area contributed by atoms with Gasteiger partial charge in [-0.1, -0.05) is 36.8 Å². The molecule has 0 spiro atoms. The lowest BCUT2D eigenvalue weighted by Crippen LogP contribution is -2.11. The fourth-order valence-electron chi connectivity index (χ4n) is 2.53. The Kier molecular flexibility index (Phi) is 3.42. The summed E-state index contributed by atoms with van der Waals surface area (Å²) in [7, 11) is 0. The molecule has 15 heavy (non-hydrogen) atoms. The van der Waals surface area contributed by atoms with Gasteiger partial charge in [0.05, 0.1) is 0 Å². The number of rotatable bonds is 3.